The lowest BCUT2D eigenvalue weighted by Crippen LogP contribution is -2.49. The molecule has 1 amide bonds. The van der Waals surface area contributed by atoms with Crippen LogP contribution in [-0.4, -0.2) is 63.8 Å². The largest absolute Gasteiger partial charge is 0.497 e. The van der Waals surface area contributed by atoms with Gasteiger partial charge >= 0.3 is 0 Å². The van der Waals surface area contributed by atoms with E-state index in [1.807, 2.05) is 41.6 Å². The minimum Gasteiger partial charge on any atom is -0.497 e. The van der Waals surface area contributed by atoms with Gasteiger partial charge in [0.1, 0.15) is 17.4 Å². The van der Waals surface area contributed by atoms with Crippen molar-refractivity contribution in [3.8, 4) is 11.4 Å². The van der Waals surface area contributed by atoms with Crippen LogP contribution >= 0.6 is 0 Å². The van der Waals surface area contributed by atoms with Crippen LogP contribution in [0.1, 0.15) is 27.4 Å². The number of hydrogen-bond donors (Lipinski definition) is 0. The van der Waals surface area contributed by atoms with Crippen molar-refractivity contribution in [2.45, 2.75) is 20.8 Å². The van der Waals surface area contributed by atoms with Crippen LogP contribution in [0.15, 0.2) is 48.5 Å². The molecule has 174 valence electrons. The summed E-state index contributed by atoms with van der Waals surface area (Å²) >= 11 is 0. The van der Waals surface area contributed by atoms with Gasteiger partial charge in [-0.3, -0.25) is 4.79 Å². The fourth-order valence-electron chi connectivity index (χ4n) is 4.42. The molecule has 0 atom stereocenters. The van der Waals surface area contributed by atoms with Gasteiger partial charge in [0.2, 0.25) is 0 Å². The number of anilines is 1. The maximum atomic E-state index is 13.0. The highest BCUT2D eigenvalue weighted by molar-refractivity contribution is 5.95. The SMILES string of the molecule is COc1cccc(C(=O)N2CCN(c3nc(C)nc4c3c(C)nn4-c3ccc(C)cc3)CC2)c1. The Morgan fingerprint density at radius 3 is 2.38 bits per heavy atom. The monoisotopic (exact) mass is 456 g/mol. The third-order valence-corrected chi connectivity index (χ3v) is 6.26. The van der Waals surface area contributed by atoms with E-state index in [0.717, 1.165) is 28.2 Å². The van der Waals surface area contributed by atoms with Crippen LogP contribution in [0.3, 0.4) is 0 Å². The summed E-state index contributed by atoms with van der Waals surface area (Å²) in [4.78, 5) is 26.7. The third kappa shape index (κ3) is 3.96. The standard InChI is InChI=1S/C26H28N6O2/c1-17-8-10-21(11-9-17)32-25-23(18(2)29-32)24(27-19(3)28-25)30-12-14-31(15-13-30)26(33)20-6-5-7-22(16-20)34-4/h5-11,16H,12-15H2,1-4H3. The number of nitrogens with zero attached hydrogens (tertiary/aromatic N) is 6. The molecule has 0 aliphatic carbocycles. The molecule has 1 saturated heterocycles. The number of methoxy groups -OCH3 is 1. The molecule has 0 radical (unpaired) electrons. The highest BCUT2D eigenvalue weighted by Gasteiger charge is 2.26. The van der Waals surface area contributed by atoms with E-state index in [4.69, 9.17) is 19.8 Å². The lowest BCUT2D eigenvalue weighted by Gasteiger charge is -2.35. The summed E-state index contributed by atoms with van der Waals surface area (Å²) in [6, 6.07) is 15.6. The number of fused-ring (bicyclic) bond motifs is 1. The van der Waals surface area contributed by atoms with Gasteiger partial charge in [0.15, 0.2) is 5.65 Å². The molecule has 1 aliphatic heterocycles. The fraction of sp³-hybridized carbons (Fsp3) is 0.308. The van der Waals surface area contributed by atoms with Crippen molar-refractivity contribution in [2.75, 3.05) is 38.2 Å². The molecule has 1 fully saturated rings. The first-order valence-corrected chi connectivity index (χ1v) is 11.4. The molecule has 4 aromatic rings. The molecule has 3 heterocycles. The lowest BCUT2D eigenvalue weighted by atomic mass is 10.1. The van der Waals surface area contributed by atoms with Crippen molar-refractivity contribution in [3.63, 3.8) is 0 Å². The number of amides is 1. The first-order valence-electron chi connectivity index (χ1n) is 11.4. The van der Waals surface area contributed by atoms with Crippen molar-refractivity contribution < 1.29 is 9.53 Å². The minimum absolute atomic E-state index is 0.0194. The number of benzene rings is 2. The van der Waals surface area contributed by atoms with Gasteiger partial charge in [0, 0.05) is 31.7 Å². The third-order valence-electron chi connectivity index (χ3n) is 6.26. The number of ether oxygens (including phenoxy) is 1. The summed E-state index contributed by atoms with van der Waals surface area (Å²) in [5, 5.41) is 5.75. The quantitative estimate of drug-likeness (QED) is 0.466. The molecule has 0 saturated carbocycles. The molecule has 8 nitrogen and oxygen atoms in total. The van der Waals surface area contributed by atoms with E-state index in [1.54, 1.807) is 13.2 Å². The van der Waals surface area contributed by atoms with Gasteiger partial charge in [-0.25, -0.2) is 14.6 Å². The number of piperazine rings is 1. The van der Waals surface area contributed by atoms with E-state index < -0.39 is 0 Å². The predicted octanol–water partition coefficient (Wildman–Crippen LogP) is 3.71. The van der Waals surface area contributed by atoms with E-state index in [2.05, 4.69) is 36.1 Å². The average molecular weight is 457 g/mol. The molecule has 8 heteroatoms. The van der Waals surface area contributed by atoms with Crippen LogP contribution in [-0.2, 0) is 0 Å². The molecule has 2 aromatic carbocycles. The fourth-order valence-corrected chi connectivity index (χ4v) is 4.42. The Bertz CT molecular complexity index is 1350. The maximum absolute atomic E-state index is 13.0. The number of carbonyl (C=O) groups is 1. The second-order valence-corrected chi connectivity index (χ2v) is 8.64. The first-order chi connectivity index (χ1) is 16.4. The smallest absolute Gasteiger partial charge is 0.254 e. The predicted molar refractivity (Wildman–Crippen MR) is 132 cm³/mol. The highest BCUT2D eigenvalue weighted by Crippen LogP contribution is 2.30. The highest BCUT2D eigenvalue weighted by atomic mass is 16.5. The van der Waals surface area contributed by atoms with Crippen molar-refractivity contribution in [3.05, 3.63) is 71.2 Å². The lowest BCUT2D eigenvalue weighted by molar-refractivity contribution is 0.0746. The zero-order valence-electron chi connectivity index (χ0n) is 19.9. The molecule has 34 heavy (non-hydrogen) atoms. The van der Waals surface area contributed by atoms with Crippen LogP contribution in [0.4, 0.5) is 5.82 Å². The summed E-state index contributed by atoms with van der Waals surface area (Å²) in [6.45, 7) is 8.59. The molecule has 0 unspecified atom stereocenters. The number of aryl methyl sites for hydroxylation is 3. The maximum Gasteiger partial charge on any atom is 0.254 e. The average Bonchev–Trinajstić information content (AvgIpc) is 3.19. The number of rotatable bonds is 4. The van der Waals surface area contributed by atoms with Gasteiger partial charge in [-0.1, -0.05) is 23.8 Å². The summed E-state index contributed by atoms with van der Waals surface area (Å²) < 4.78 is 7.16. The van der Waals surface area contributed by atoms with Gasteiger partial charge in [0.05, 0.1) is 23.9 Å². The van der Waals surface area contributed by atoms with E-state index in [9.17, 15) is 4.79 Å². The molecule has 0 spiro atoms. The Kier molecular flexibility index (Phi) is 5.65. The van der Waals surface area contributed by atoms with Crippen molar-refractivity contribution >= 4 is 22.8 Å². The van der Waals surface area contributed by atoms with Gasteiger partial charge < -0.3 is 14.5 Å². The molecule has 0 bridgehead atoms. The Morgan fingerprint density at radius 1 is 0.941 bits per heavy atom. The molecule has 0 N–H and O–H groups in total. The van der Waals surface area contributed by atoms with Crippen LogP contribution in [0, 0.1) is 20.8 Å². The second-order valence-electron chi connectivity index (χ2n) is 8.64. The van der Waals surface area contributed by atoms with E-state index in [1.165, 1.54) is 5.56 Å². The minimum atomic E-state index is 0.0194. The normalized spacial score (nSPS) is 14.0. The second kappa shape index (κ2) is 8.78. The Morgan fingerprint density at radius 2 is 1.68 bits per heavy atom. The summed E-state index contributed by atoms with van der Waals surface area (Å²) in [5.41, 5.74) is 4.51. The van der Waals surface area contributed by atoms with Crippen molar-refractivity contribution in [2.24, 2.45) is 0 Å². The van der Waals surface area contributed by atoms with Crippen LogP contribution in [0.5, 0.6) is 5.75 Å². The van der Waals surface area contributed by atoms with Crippen LogP contribution in [0.25, 0.3) is 16.7 Å². The van der Waals surface area contributed by atoms with E-state index in [-0.39, 0.29) is 5.91 Å². The first kappa shape index (κ1) is 21.9. The number of hydrogen-bond acceptors (Lipinski definition) is 6. The Hall–Kier alpha value is -3.94. The van der Waals surface area contributed by atoms with Gasteiger partial charge in [0.25, 0.3) is 5.91 Å². The Labute approximate surface area is 198 Å². The zero-order chi connectivity index (χ0) is 23.8. The van der Waals surface area contributed by atoms with E-state index >= 15 is 0 Å². The van der Waals surface area contributed by atoms with Gasteiger partial charge in [-0.2, -0.15) is 5.10 Å². The molecule has 2 aromatic heterocycles. The zero-order valence-corrected chi connectivity index (χ0v) is 19.9. The number of aromatic nitrogens is 4. The van der Waals surface area contributed by atoms with Crippen molar-refractivity contribution in [1.29, 1.82) is 0 Å². The Balaban J connectivity index is 1.42. The summed E-state index contributed by atoms with van der Waals surface area (Å²) in [5.74, 6) is 2.29. The topological polar surface area (TPSA) is 76.4 Å². The molecular formula is C26H28N6O2. The molecular weight excluding hydrogens is 428 g/mol. The number of carbonyl (C=O) groups excluding carboxylic acids is 1. The van der Waals surface area contributed by atoms with Gasteiger partial charge in [-0.15, -0.1) is 0 Å². The van der Waals surface area contributed by atoms with Crippen LogP contribution < -0.4 is 9.64 Å². The molecule has 5 rings (SSSR count). The van der Waals surface area contributed by atoms with Gasteiger partial charge in [-0.05, 0) is 51.1 Å². The summed E-state index contributed by atoms with van der Waals surface area (Å²) in [6.07, 6.45) is 0. The van der Waals surface area contributed by atoms with Crippen molar-refractivity contribution in [1.82, 2.24) is 24.6 Å². The van der Waals surface area contributed by atoms with Crippen LogP contribution in [0.2, 0.25) is 0 Å². The van der Waals surface area contributed by atoms with E-state index in [0.29, 0.717) is 43.3 Å². The summed E-state index contributed by atoms with van der Waals surface area (Å²) in [7, 11) is 1.61. The molecule has 1 aliphatic rings.